The van der Waals surface area contributed by atoms with Crippen LogP contribution < -0.4 is 14.8 Å². The van der Waals surface area contributed by atoms with Gasteiger partial charge in [-0.15, -0.1) is 0 Å². The van der Waals surface area contributed by atoms with Gasteiger partial charge in [-0.2, -0.15) is 0 Å². The van der Waals surface area contributed by atoms with Crippen LogP contribution >= 0.6 is 0 Å². The number of nitrogens with zero attached hydrogens (tertiary/aromatic N) is 1. The van der Waals surface area contributed by atoms with Crippen LogP contribution in [-0.2, 0) is 0 Å². The molecule has 2 aromatic rings. The molecule has 1 heterocycles. The summed E-state index contributed by atoms with van der Waals surface area (Å²) in [6.45, 7) is 1.63. The first kappa shape index (κ1) is 20.3. The van der Waals surface area contributed by atoms with Crippen LogP contribution in [0.2, 0.25) is 0 Å². The molecule has 1 aliphatic carbocycles. The Hall–Kier alpha value is -3.02. The minimum atomic E-state index is -0.596. The number of nitrogens with one attached hydrogen (secondary N) is 1. The Balaban J connectivity index is 1.43. The number of para-hydroxylation sites is 1. The van der Waals surface area contributed by atoms with Crippen molar-refractivity contribution >= 4 is 17.7 Å². The maximum Gasteiger partial charge on any atom is 0.417 e. The average Bonchev–Trinajstić information content (AvgIpc) is 2.78. The molecular weight excluding hydrogens is 380 g/mol. The first-order valence-corrected chi connectivity index (χ1v) is 10.6. The SMILES string of the molecule is COc1cc(NC(=O)Oc2ccccc2)ccc1C(=O)N1CC[C@H]2CCCC[C@H]2C1. The summed E-state index contributed by atoms with van der Waals surface area (Å²) < 4.78 is 10.7. The second kappa shape index (κ2) is 9.20. The third-order valence-electron chi connectivity index (χ3n) is 6.21. The molecule has 6 nitrogen and oxygen atoms in total. The largest absolute Gasteiger partial charge is 0.496 e. The molecule has 1 saturated heterocycles. The first-order chi connectivity index (χ1) is 14.6. The summed E-state index contributed by atoms with van der Waals surface area (Å²) in [5, 5.41) is 2.68. The summed E-state index contributed by atoms with van der Waals surface area (Å²) in [5.41, 5.74) is 1.03. The van der Waals surface area contributed by atoms with E-state index < -0.39 is 6.09 Å². The van der Waals surface area contributed by atoms with Crippen molar-refractivity contribution in [2.75, 3.05) is 25.5 Å². The van der Waals surface area contributed by atoms with E-state index in [1.54, 1.807) is 42.5 Å². The summed E-state index contributed by atoms with van der Waals surface area (Å²) in [6.07, 6.45) is 5.61. The molecule has 2 aliphatic rings. The van der Waals surface area contributed by atoms with Gasteiger partial charge < -0.3 is 14.4 Å². The molecule has 30 heavy (non-hydrogen) atoms. The number of carbonyl (C=O) groups excluding carboxylic acids is 2. The van der Waals surface area contributed by atoms with Crippen molar-refractivity contribution in [1.82, 2.24) is 4.90 Å². The van der Waals surface area contributed by atoms with Crippen molar-refractivity contribution in [3.05, 3.63) is 54.1 Å². The molecule has 158 valence electrons. The summed E-state index contributed by atoms with van der Waals surface area (Å²) in [4.78, 5) is 27.3. The fraction of sp³-hybridized carbons (Fsp3) is 0.417. The van der Waals surface area contributed by atoms with E-state index in [0.29, 0.717) is 28.7 Å². The van der Waals surface area contributed by atoms with Crippen LogP contribution in [0.25, 0.3) is 0 Å². The van der Waals surface area contributed by atoms with Gasteiger partial charge in [0.15, 0.2) is 0 Å². The molecule has 2 amide bonds. The zero-order chi connectivity index (χ0) is 20.9. The second-order valence-corrected chi connectivity index (χ2v) is 8.09. The summed E-state index contributed by atoms with van der Waals surface area (Å²) in [7, 11) is 1.53. The van der Waals surface area contributed by atoms with Crippen molar-refractivity contribution in [3.8, 4) is 11.5 Å². The lowest BCUT2D eigenvalue weighted by molar-refractivity contribution is 0.0518. The van der Waals surface area contributed by atoms with E-state index in [-0.39, 0.29) is 5.91 Å². The molecule has 6 heteroatoms. The van der Waals surface area contributed by atoms with Crippen molar-refractivity contribution in [3.63, 3.8) is 0 Å². The standard InChI is InChI=1S/C24H28N2O4/c1-29-22-15-19(25-24(28)30-20-9-3-2-4-10-20)11-12-21(22)23(27)26-14-13-17-7-5-6-8-18(17)16-26/h2-4,9-12,15,17-18H,5-8,13-14,16H2,1H3,(H,25,28)/t17-,18+/m1/s1. The zero-order valence-electron chi connectivity index (χ0n) is 17.3. The normalized spacial score (nSPS) is 20.8. The predicted molar refractivity (Wildman–Crippen MR) is 115 cm³/mol. The monoisotopic (exact) mass is 408 g/mol. The predicted octanol–water partition coefficient (Wildman–Crippen LogP) is 4.96. The molecule has 0 bridgehead atoms. The number of likely N-dealkylation sites (tertiary alicyclic amines) is 1. The minimum Gasteiger partial charge on any atom is -0.496 e. The smallest absolute Gasteiger partial charge is 0.417 e. The maximum atomic E-state index is 13.2. The van der Waals surface area contributed by atoms with E-state index in [4.69, 9.17) is 9.47 Å². The van der Waals surface area contributed by atoms with E-state index in [0.717, 1.165) is 25.4 Å². The number of methoxy groups -OCH3 is 1. The van der Waals surface area contributed by atoms with E-state index in [1.807, 2.05) is 11.0 Å². The van der Waals surface area contributed by atoms with Crippen LogP contribution in [-0.4, -0.2) is 37.1 Å². The van der Waals surface area contributed by atoms with Crippen molar-refractivity contribution in [1.29, 1.82) is 0 Å². The Morgan fingerprint density at radius 2 is 1.77 bits per heavy atom. The minimum absolute atomic E-state index is 0.00529. The van der Waals surface area contributed by atoms with Gasteiger partial charge in [-0.3, -0.25) is 10.1 Å². The number of fused-ring (bicyclic) bond motifs is 1. The number of benzene rings is 2. The number of rotatable bonds is 4. The van der Waals surface area contributed by atoms with E-state index in [1.165, 1.54) is 32.8 Å². The molecule has 0 radical (unpaired) electrons. The number of carbonyl (C=O) groups is 2. The van der Waals surface area contributed by atoms with Gasteiger partial charge >= 0.3 is 6.09 Å². The molecule has 2 aromatic carbocycles. The second-order valence-electron chi connectivity index (χ2n) is 8.09. The van der Waals surface area contributed by atoms with Gasteiger partial charge in [-0.05, 0) is 48.9 Å². The van der Waals surface area contributed by atoms with E-state index in [9.17, 15) is 9.59 Å². The molecule has 0 aromatic heterocycles. The molecule has 0 spiro atoms. The highest BCUT2D eigenvalue weighted by molar-refractivity contribution is 5.98. The van der Waals surface area contributed by atoms with Gasteiger partial charge in [0.05, 0.1) is 12.7 Å². The third kappa shape index (κ3) is 4.58. The molecule has 1 saturated carbocycles. The number of piperidine rings is 1. The van der Waals surface area contributed by atoms with Gasteiger partial charge in [-0.1, -0.05) is 37.5 Å². The lowest BCUT2D eigenvalue weighted by Crippen LogP contribution is -2.44. The Bertz CT molecular complexity index is 899. The lowest BCUT2D eigenvalue weighted by Gasteiger charge is -2.41. The highest BCUT2D eigenvalue weighted by Gasteiger charge is 2.33. The first-order valence-electron chi connectivity index (χ1n) is 10.6. The van der Waals surface area contributed by atoms with Crippen molar-refractivity contribution in [2.24, 2.45) is 11.8 Å². The fourth-order valence-corrected chi connectivity index (χ4v) is 4.64. The van der Waals surface area contributed by atoms with Gasteiger partial charge in [0.25, 0.3) is 5.91 Å². The van der Waals surface area contributed by atoms with Gasteiger partial charge in [-0.25, -0.2) is 4.79 Å². The van der Waals surface area contributed by atoms with Crippen molar-refractivity contribution in [2.45, 2.75) is 32.1 Å². The van der Waals surface area contributed by atoms with E-state index >= 15 is 0 Å². The number of hydrogen-bond donors (Lipinski definition) is 1. The lowest BCUT2D eigenvalue weighted by atomic mass is 9.75. The van der Waals surface area contributed by atoms with Crippen molar-refractivity contribution < 1.29 is 19.1 Å². The number of hydrogen-bond acceptors (Lipinski definition) is 4. The molecule has 1 aliphatic heterocycles. The van der Waals surface area contributed by atoms with Gasteiger partial charge in [0.2, 0.25) is 0 Å². The molecule has 4 rings (SSSR count). The van der Waals surface area contributed by atoms with E-state index in [2.05, 4.69) is 5.32 Å². The van der Waals surface area contributed by atoms with Crippen LogP contribution in [0, 0.1) is 11.8 Å². The summed E-state index contributed by atoms with van der Waals surface area (Å²) in [5.74, 6) is 2.29. The highest BCUT2D eigenvalue weighted by atomic mass is 16.6. The summed E-state index contributed by atoms with van der Waals surface area (Å²) in [6, 6.07) is 13.9. The quantitative estimate of drug-likeness (QED) is 0.777. The Morgan fingerprint density at radius 3 is 2.53 bits per heavy atom. The third-order valence-corrected chi connectivity index (χ3v) is 6.21. The molecule has 0 unspecified atom stereocenters. The molecule has 2 fully saturated rings. The number of ether oxygens (including phenoxy) is 2. The fourth-order valence-electron chi connectivity index (χ4n) is 4.64. The Labute approximate surface area is 177 Å². The maximum absolute atomic E-state index is 13.2. The topological polar surface area (TPSA) is 67.9 Å². The van der Waals surface area contributed by atoms with Crippen LogP contribution in [0.3, 0.4) is 0 Å². The van der Waals surface area contributed by atoms with Gasteiger partial charge in [0, 0.05) is 24.8 Å². The highest BCUT2D eigenvalue weighted by Crippen LogP contribution is 2.37. The Kier molecular flexibility index (Phi) is 6.21. The molecule has 2 atom stereocenters. The number of amides is 2. The van der Waals surface area contributed by atoms with Gasteiger partial charge in [0.1, 0.15) is 11.5 Å². The zero-order valence-corrected chi connectivity index (χ0v) is 17.3. The molecule has 1 N–H and O–H groups in total. The number of anilines is 1. The average molecular weight is 408 g/mol. The molecular formula is C24H28N2O4. The van der Waals surface area contributed by atoms with Crippen LogP contribution in [0.5, 0.6) is 11.5 Å². The van der Waals surface area contributed by atoms with Crippen LogP contribution in [0.1, 0.15) is 42.5 Å². The van der Waals surface area contributed by atoms with Crippen LogP contribution in [0.15, 0.2) is 48.5 Å². The Morgan fingerprint density at radius 1 is 1.00 bits per heavy atom. The summed E-state index contributed by atoms with van der Waals surface area (Å²) >= 11 is 0. The van der Waals surface area contributed by atoms with Crippen LogP contribution in [0.4, 0.5) is 10.5 Å².